The summed E-state index contributed by atoms with van der Waals surface area (Å²) < 4.78 is 11.7. The normalized spacial score (nSPS) is 10.9. The van der Waals surface area contributed by atoms with E-state index in [1.54, 1.807) is 6.08 Å². The van der Waals surface area contributed by atoms with Gasteiger partial charge in [0.15, 0.2) is 0 Å². The van der Waals surface area contributed by atoms with Gasteiger partial charge >= 0.3 is 0 Å². The molecule has 5 aromatic rings. The Bertz CT molecular complexity index is 1640. The van der Waals surface area contributed by atoms with Crippen molar-refractivity contribution in [2.75, 3.05) is 17.3 Å². The molecule has 0 bridgehead atoms. The Morgan fingerprint density at radius 2 is 1.05 bits per heavy atom. The molecule has 222 valence electrons. The first-order chi connectivity index (χ1) is 21.4. The van der Waals surface area contributed by atoms with Crippen molar-refractivity contribution < 1.29 is 9.47 Å². The Hall–Kier alpha value is -5.48. The third kappa shape index (κ3) is 9.81. The number of nitrogens with zero attached hydrogens (tertiary/aromatic N) is 1. The summed E-state index contributed by atoms with van der Waals surface area (Å²) in [5.41, 5.74) is 6.73. The van der Waals surface area contributed by atoms with Crippen molar-refractivity contribution in [2.45, 2.75) is 20.8 Å². The van der Waals surface area contributed by atoms with E-state index in [0.717, 1.165) is 45.8 Å². The van der Waals surface area contributed by atoms with E-state index >= 15 is 0 Å². The van der Waals surface area contributed by atoms with Crippen molar-refractivity contribution in [1.29, 1.82) is 0 Å². The number of benzene rings is 5. The monoisotopic (exact) mass is 580 g/mol. The van der Waals surface area contributed by atoms with Crippen molar-refractivity contribution in [2.24, 2.45) is 0 Å². The molecule has 4 heteroatoms. The Kier molecular flexibility index (Phi) is 11.6. The standard InChI is InChI=1S/C20H19NO.C20H21NO/c1-16-8-12-19(13-9-16)22-20-14-10-18(11-15-20)21(2)17-6-4-3-5-7-17;1-4-6-17(7-5-2)21-18-10-14-20(15-11-18)22-19-12-8-16(3)9-13-19/h3-15H,1-2H3;4-15,21H,1H2,2-3H3/b;7-5-,17-6+. The molecule has 0 radical (unpaired) electrons. The highest BCUT2D eigenvalue weighted by molar-refractivity contribution is 5.63. The van der Waals surface area contributed by atoms with Crippen LogP contribution in [0.1, 0.15) is 18.1 Å². The summed E-state index contributed by atoms with van der Waals surface area (Å²) in [6.07, 6.45) is 7.67. The minimum absolute atomic E-state index is 0.815. The van der Waals surface area contributed by atoms with Gasteiger partial charge < -0.3 is 19.7 Å². The van der Waals surface area contributed by atoms with Gasteiger partial charge in [-0.1, -0.05) is 72.3 Å². The third-order valence-corrected chi connectivity index (χ3v) is 6.67. The highest BCUT2D eigenvalue weighted by atomic mass is 16.5. The lowest BCUT2D eigenvalue weighted by Crippen LogP contribution is -2.08. The van der Waals surface area contributed by atoms with Crippen molar-refractivity contribution in [3.8, 4) is 23.0 Å². The molecule has 0 unspecified atom stereocenters. The Balaban J connectivity index is 0.000000201. The average molecular weight is 581 g/mol. The summed E-state index contributed by atoms with van der Waals surface area (Å²) in [5, 5.41) is 3.33. The topological polar surface area (TPSA) is 33.7 Å². The molecule has 0 aromatic heterocycles. The van der Waals surface area contributed by atoms with Crippen LogP contribution < -0.4 is 19.7 Å². The lowest BCUT2D eigenvalue weighted by Gasteiger charge is -2.19. The summed E-state index contributed by atoms with van der Waals surface area (Å²) >= 11 is 0. The zero-order valence-corrected chi connectivity index (χ0v) is 25.9. The van der Waals surface area contributed by atoms with Crippen LogP contribution in [0, 0.1) is 13.8 Å². The van der Waals surface area contributed by atoms with E-state index in [-0.39, 0.29) is 0 Å². The molecule has 0 saturated carbocycles. The number of hydrogen-bond donors (Lipinski definition) is 1. The average Bonchev–Trinajstić information content (AvgIpc) is 3.05. The quantitative estimate of drug-likeness (QED) is 0.167. The Labute approximate surface area is 262 Å². The van der Waals surface area contributed by atoms with Gasteiger partial charge in [-0.2, -0.15) is 0 Å². The molecule has 0 saturated heterocycles. The Morgan fingerprint density at radius 3 is 1.50 bits per heavy atom. The minimum Gasteiger partial charge on any atom is -0.457 e. The summed E-state index contributed by atoms with van der Waals surface area (Å²) in [5.74, 6) is 3.35. The first kappa shape index (κ1) is 31.5. The number of nitrogens with one attached hydrogen (secondary N) is 1. The van der Waals surface area contributed by atoms with Gasteiger partial charge in [0.2, 0.25) is 0 Å². The van der Waals surface area contributed by atoms with E-state index < -0.39 is 0 Å². The highest BCUT2D eigenvalue weighted by Gasteiger charge is 2.04. The summed E-state index contributed by atoms with van der Waals surface area (Å²) in [7, 11) is 2.06. The van der Waals surface area contributed by atoms with Gasteiger partial charge in [0, 0.05) is 29.8 Å². The third-order valence-electron chi connectivity index (χ3n) is 6.67. The smallest absolute Gasteiger partial charge is 0.127 e. The van der Waals surface area contributed by atoms with E-state index in [1.165, 1.54) is 11.1 Å². The van der Waals surface area contributed by atoms with Gasteiger partial charge in [-0.15, -0.1) is 0 Å². The summed E-state index contributed by atoms with van der Waals surface area (Å²) in [4.78, 5) is 2.15. The number of para-hydroxylation sites is 1. The number of ether oxygens (including phenoxy) is 2. The molecule has 0 spiro atoms. The SMILES string of the molecule is C=C/C=C(\C=C/C)Nc1ccc(Oc2ccc(C)cc2)cc1.Cc1ccc(Oc2ccc(N(C)c3ccccc3)cc2)cc1. The largest absolute Gasteiger partial charge is 0.457 e. The number of rotatable bonds is 10. The van der Waals surface area contributed by atoms with E-state index in [2.05, 4.69) is 62.0 Å². The zero-order chi connectivity index (χ0) is 31.1. The highest BCUT2D eigenvalue weighted by Crippen LogP contribution is 2.28. The summed E-state index contributed by atoms with van der Waals surface area (Å²) in [6, 6.07) is 42.4. The van der Waals surface area contributed by atoms with Crippen LogP contribution in [0.25, 0.3) is 0 Å². The molecule has 44 heavy (non-hydrogen) atoms. The molecule has 0 aliphatic rings. The summed E-state index contributed by atoms with van der Waals surface area (Å²) in [6.45, 7) is 9.83. The predicted octanol–water partition coefficient (Wildman–Crippen LogP) is 11.4. The van der Waals surface area contributed by atoms with E-state index in [9.17, 15) is 0 Å². The molecule has 1 N–H and O–H groups in total. The molecule has 5 aromatic carbocycles. The molecule has 5 rings (SSSR count). The van der Waals surface area contributed by atoms with Crippen LogP contribution in [-0.4, -0.2) is 7.05 Å². The number of allylic oxidation sites excluding steroid dienone is 4. The number of anilines is 3. The van der Waals surface area contributed by atoms with Gasteiger partial charge in [-0.05, 0) is 118 Å². The van der Waals surface area contributed by atoms with Gasteiger partial charge in [-0.25, -0.2) is 0 Å². The second kappa shape index (κ2) is 16.2. The van der Waals surface area contributed by atoms with Crippen LogP contribution in [0.15, 0.2) is 164 Å². The molecule has 0 amide bonds. The molecule has 0 aliphatic carbocycles. The fourth-order valence-electron chi connectivity index (χ4n) is 4.24. The van der Waals surface area contributed by atoms with Crippen molar-refractivity contribution in [3.05, 3.63) is 175 Å². The predicted molar refractivity (Wildman–Crippen MR) is 187 cm³/mol. The molecule has 0 fully saturated rings. The molecule has 0 heterocycles. The van der Waals surface area contributed by atoms with Crippen molar-refractivity contribution in [1.82, 2.24) is 0 Å². The molecular formula is C40H40N2O2. The second-order valence-electron chi connectivity index (χ2n) is 10.2. The first-order valence-electron chi connectivity index (χ1n) is 14.6. The first-order valence-corrected chi connectivity index (χ1v) is 14.6. The van der Waals surface area contributed by atoms with Gasteiger partial charge in [0.05, 0.1) is 0 Å². The Morgan fingerprint density at radius 1 is 0.614 bits per heavy atom. The van der Waals surface area contributed by atoms with Crippen LogP contribution in [0.4, 0.5) is 17.1 Å². The van der Waals surface area contributed by atoms with E-state index in [1.807, 2.05) is 128 Å². The lowest BCUT2D eigenvalue weighted by molar-refractivity contribution is 0.482. The fourth-order valence-corrected chi connectivity index (χ4v) is 4.24. The van der Waals surface area contributed by atoms with Gasteiger partial charge in [0.25, 0.3) is 0 Å². The van der Waals surface area contributed by atoms with Crippen LogP contribution >= 0.6 is 0 Å². The van der Waals surface area contributed by atoms with Crippen LogP contribution in [-0.2, 0) is 0 Å². The van der Waals surface area contributed by atoms with Crippen molar-refractivity contribution in [3.63, 3.8) is 0 Å². The second-order valence-corrected chi connectivity index (χ2v) is 10.2. The molecule has 4 nitrogen and oxygen atoms in total. The minimum atomic E-state index is 0.815. The maximum absolute atomic E-state index is 5.86. The van der Waals surface area contributed by atoms with Crippen LogP contribution in [0.3, 0.4) is 0 Å². The zero-order valence-electron chi connectivity index (χ0n) is 25.9. The van der Waals surface area contributed by atoms with E-state index in [0.29, 0.717) is 0 Å². The van der Waals surface area contributed by atoms with E-state index in [4.69, 9.17) is 9.47 Å². The molecular weight excluding hydrogens is 540 g/mol. The fraction of sp³-hybridized carbons (Fsp3) is 0.100. The van der Waals surface area contributed by atoms with Crippen LogP contribution in [0.2, 0.25) is 0 Å². The van der Waals surface area contributed by atoms with Gasteiger partial charge in [-0.3, -0.25) is 0 Å². The van der Waals surface area contributed by atoms with Gasteiger partial charge in [0.1, 0.15) is 23.0 Å². The molecule has 0 aliphatic heterocycles. The van der Waals surface area contributed by atoms with Crippen LogP contribution in [0.5, 0.6) is 23.0 Å². The maximum atomic E-state index is 5.86. The van der Waals surface area contributed by atoms with Crippen molar-refractivity contribution >= 4 is 17.1 Å². The number of hydrogen-bond acceptors (Lipinski definition) is 4. The lowest BCUT2D eigenvalue weighted by atomic mass is 10.2. The molecule has 0 atom stereocenters. The number of aryl methyl sites for hydroxylation is 2. The maximum Gasteiger partial charge on any atom is 0.127 e.